The van der Waals surface area contributed by atoms with E-state index >= 15 is 0 Å². The van der Waals surface area contributed by atoms with Crippen LogP contribution in [0, 0.1) is 0 Å². The molecule has 0 bridgehead atoms. The molecule has 0 spiro atoms. The molecular formula is C19H28Cl3N5O2. The number of benzene rings is 1. The minimum absolute atomic E-state index is 0. The van der Waals surface area contributed by atoms with E-state index in [1.807, 2.05) is 37.5 Å². The van der Waals surface area contributed by atoms with Gasteiger partial charge in [0.2, 0.25) is 5.91 Å². The van der Waals surface area contributed by atoms with E-state index in [4.69, 9.17) is 16.3 Å². The third kappa shape index (κ3) is 6.84. The molecule has 162 valence electrons. The van der Waals surface area contributed by atoms with Crippen LogP contribution in [0.4, 0.5) is 0 Å². The van der Waals surface area contributed by atoms with Gasteiger partial charge in [-0.05, 0) is 24.7 Å². The first-order chi connectivity index (χ1) is 13.1. The Morgan fingerprint density at radius 1 is 1.21 bits per heavy atom. The highest BCUT2D eigenvalue weighted by molar-refractivity contribution is 6.30. The number of morpholine rings is 1. The maximum Gasteiger partial charge on any atom is 0.241 e. The van der Waals surface area contributed by atoms with Gasteiger partial charge in [-0.2, -0.15) is 5.10 Å². The van der Waals surface area contributed by atoms with Gasteiger partial charge >= 0.3 is 0 Å². The van der Waals surface area contributed by atoms with E-state index < -0.39 is 6.04 Å². The van der Waals surface area contributed by atoms with Crippen molar-refractivity contribution in [2.24, 2.45) is 7.05 Å². The number of amides is 1. The van der Waals surface area contributed by atoms with E-state index in [9.17, 15) is 4.79 Å². The number of rotatable bonds is 7. The molecule has 1 aliphatic rings. The van der Waals surface area contributed by atoms with E-state index in [1.165, 1.54) is 0 Å². The first-order valence-electron chi connectivity index (χ1n) is 9.09. The van der Waals surface area contributed by atoms with Gasteiger partial charge in [-0.3, -0.25) is 14.4 Å². The molecule has 10 heteroatoms. The molecule has 1 aliphatic heterocycles. The summed E-state index contributed by atoms with van der Waals surface area (Å²) in [6.07, 6.45) is 3.55. The Morgan fingerprint density at radius 2 is 1.86 bits per heavy atom. The smallest absolute Gasteiger partial charge is 0.241 e. The molecule has 0 radical (unpaired) electrons. The molecular weight excluding hydrogens is 437 g/mol. The van der Waals surface area contributed by atoms with E-state index in [2.05, 4.69) is 20.6 Å². The summed E-state index contributed by atoms with van der Waals surface area (Å²) in [5.74, 6) is -0.0716. The van der Waals surface area contributed by atoms with Crippen LogP contribution in [-0.2, 0) is 16.6 Å². The standard InChI is InChI=1S/C19H26ClN5O2.2ClH/c1-21-18(15-11-23-24(2)13-15)19(26)22-12-17(25-7-9-27-10-8-25)14-3-5-16(20)6-4-14;;/h3-6,11,13,17-18,21H,7-10,12H2,1-2H3,(H,22,26);2*1H. The number of likely N-dealkylation sites (N-methyl/N-ethyl adjacent to an activating group) is 1. The Labute approximate surface area is 188 Å². The molecule has 7 nitrogen and oxygen atoms in total. The fourth-order valence-electron chi connectivity index (χ4n) is 3.37. The monoisotopic (exact) mass is 463 g/mol. The number of nitrogens with one attached hydrogen (secondary N) is 2. The molecule has 1 fully saturated rings. The van der Waals surface area contributed by atoms with Gasteiger partial charge in [-0.15, -0.1) is 24.8 Å². The largest absolute Gasteiger partial charge is 0.379 e. The lowest BCUT2D eigenvalue weighted by Gasteiger charge is -2.35. The van der Waals surface area contributed by atoms with Crippen molar-refractivity contribution in [3.8, 4) is 0 Å². The highest BCUT2D eigenvalue weighted by Crippen LogP contribution is 2.23. The number of ether oxygens (including phenoxy) is 1. The van der Waals surface area contributed by atoms with Crippen molar-refractivity contribution in [2.75, 3.05) is 39.9 Å². The van der Waals surface area contributed by atoms with Gasteiger partial charge in [0.15, 0.2) is 0 Å². The third-order valence-electron chi connectivity index (χ3n) is 4.82. The van der Waals surface area contributed by atoms with Gasteiger partial charge in [0.1, 0.15) is 6.04 Å². The maximum atomic E-state index is 12.8. The topological polar surface area (TPSA) is 71.4 Å². The number of nitrogens with zero attached hydrogens (tertiary/aromatic N) is 3. The van der Waals surface area contributed by atoms with Gasteiger partial charge in [0.25, 0.3) is 0 Å². The average Bonchev–Trinajstić information content (AvgIpc) is 3.11. The minimum atomic E-state index is -0.436. The summed E-state index contributed by atoms with van der Waals surface area (Å²) in [4.78, 5) is 15.1. The molecule has 0 saturated carbocycles. The Morgan fingerprint density at radius 3 is 2.41 bits per heavy atom. The molecule has 29 heavy (non-hydrogen) atoms. The molecule has 1 saturated heterocycles. The van der Waals surface area contributed by atoms with Crippen LogP contribution >= 0.6 is 36.4 Å². The lowest BCUT2D eigenvalue weighted by Crippen LogP contribution is -2.45. The Bertz CT molecular complexity index is 751. The SMILES string of the molecule is CNC(C(=O)NCC(c1ccc(Cl)cc1)N1CCOCC1)c1cnn(C)c1.Cl.Cl. The van der Waals surface area contributed by atoms with Gasteiger partial charge in [0, 0.05) is 43.5 Å². The van der Waals surface area contributed by atoms with Crippen molar-refractivity contribution >= 4 is 42.3 Å². The first kappa shape index (κ1) is 25.7. The van der Waals surface area contributed by atoms with Crippen LogP contribution in [0.15, 0.2) is 36.7 Å². The molecule has 2 N–H and O–H groups in total. The zero-order valence-electron chi connectivity index (χ0n) is 16.5. The number of halogens is 3. The second kappa shape index (κ2) is 12.4. The Kier molecular flexibility index (Phi) is 11.0. The Balaban J connectivity index is 0.00000210. The Hall–Kier alpha value is -1.35. The van der Waals surface area contributed by atoms with Crippen LogP contribution < -0.4 is 10.6 Å². The fraction of sp³-hybridized carbons (Fsp3) is 0.474. The van der Waals surface area contributed by atoms with Crippen molar-refractivity contribution in [3.05, 3.63) is 52.8 Å². The number of carbonyl (C=O) groups excluding carboxylic acids is 1. The van der Waals surface area contributed by atoms with Crippen LogP contribution in [0.2, 0.25) is 5.02 Å². The lowest BCUT2D eigenvalue weighted by atomic mass is 10.0. The number of carbonyl (C=O) groups is 1. The zero-order chi connectivity index (χ0) is 19.2. The van der Waals surface area contributed by atoms with E-state index in [0.717, 1.165) is 24.2 Å². The summed E-state index contributed by atoms with van der Waals surface area (Å²) in [5.41, 5.74) is 1.97. The normalized spacial score (nSPS) is 16.2. The van der Waals surface area contributed by atoms with Gasteiger partial charge in [0.05, 0.1) is 25.5 Å². The highest BCUT2D eigenvalue weighted by Gasteiger charge is 2.25. The second-order valence-electron chi connectivity index (χ2n) is 6.63. The van der Waals surface area contributed by atoms with Crippen molar-refractivity contribution in [2.45, 2.75) is 12.1 Å². The molecule has 1 aromatic heterocycles. The van der Waals surface area contributed by atoms with Crippen molar-refractivity contribution < 1.29 is 9.53 Å². The molecule has 0 aliphatic carbocycles. The number of aryl methyl sites for hydroxylation is 1. The molecule has 1 aromatic carbocycles. The van der Waals surface area contributed by atoms with Crippen LogP contribution in [0.3, 0.4) is 0 Å². The summed E-state index contributed by atoms with van der Waals surface area (Å²) >= 11 is 6.04. The number of hydrogen-bond acceptors (Lipinski definition) is 5. The third-order valence-corrected chi connectivity index (χ3v) is 5.07. The molecule has 1 amide bonds. The molecule has 2 unspecified atom stereocenters. The summed E-state index contributed by atoms with van der Waals surface area (Å²) in [5, 5.41) is 11.0. The van der Waals surface area contributed by atoms with Crippen molar-refractivity contribution in [1.82, 2.24) is 25.3 Å². The van der Waals surface area contributed by atoms with E-state index in [-0.39, 0.29) is 36.8 Å². The maximum absolute atomic E-state index is 12.8. The van der Waals surface area contributed by atoms with Crippen LogP contribution in [0.25, 0.3) is 0 Å². The molecule has 3 rings (SSSR count). The quantitative estimate of drug-likeness (QED) is 0.658. The predicted molar refractivity (Wildman–Crippen MR) is 119 cm³/mol. The predicted octanol–water partition coefficient (Wildman–Crippen LogP) is 2.37. The summed E-state index contributed by atoms with van der Waals surface area (Å²) in [6.45, 7) is 3.58. The molecule has 2 aromatic rings. The minimum Gasteiger partial charge on any atom is -0.379 e. The lowest BCUT2D eigenvalue weighted by molar-refractivity contribution is -0.123. The van der Waals surface area contributed by atoms with E-state index in [0.29, 0.717) is 24.8 Å². The van der Waals surface area contributed by atoms with Crippen LogP contribution in [-0.4, -0.2) is 60.5 Å². The van der Waals surface area contributed by atoms with E-state index in [1.54, 1.807) is 17.9 Å². The average molecular weight is 465 g/mol. The van der Waals surface area contributed by atoms with Gasteiger partial charge in [-0.1, -0.05) is 23.7 Å². The van der Waals surface area contributed by atoms with Crippen LogP contribution in [0.5, 0.6) is 0 Å². The highest BCUT2D eigenvalue weighted by atomic mass is 35.5. The van der Waals surface area contributed by atoms with Crippen molar-refractivity contribution in [3.63, 3.8) is 0 Å². The number of aromatic nitrogens is 2. The first-order valence-corrected chi connectivity index (χ1v) is 9.47. The van der Waals surface area contributed by atoms with Gasteiger partial charge < -0.3 is 15.4 Å². The zero-order valence-corrected chi connectivity index (χ0v) is 18.9. The summed E-state index contributed by atoms with van der Waals surface area (Å²) < 4.78 is 7.17. The van der Waals surface area contributed by atoms with Crippen LogP contribution in [0.1, 0.15) is 23.2 Å². The second-order valence-corrected chi connectivity index (χ2v) is 7.07. The summed E-state index contributed by atoms with van der Waals surface area (Å²) in [6, 6.07) is 7.45. The number of hydrogen-bond donors (Lipinski definition) is 2. The summed E-state index contributed by atoms with van der Waals surface area (Å²) in [7, 11) is 3.61. The fourth-order valence-corrected chi connectivity index (χ4v) is 3.50. The van der Waals surface area contributed by atoms with Gasteiger partial charge in [-0.25, -0.2) is 0 Å². The van der Waals surface area contributed by atoms with Crippen molar-refractivity contribution in [1.29, 1.82) is 0 Å². The molecule has 2 atom stereocenters. The molecule has 2 heterocycles.